The van der Waals surface area contributed by atoms with Crippen LogP contribution in [-0.4, -0.2) is 46.2 Å². The highest BCUT2D eigenvalue weighted by atomic mass is 16.5. The van der Waals surface area contributed by atoms with Gasteiger partial charge in [0.2, 0.25) is 5.91 Å². The van der Waals surface area contributed by atoms with Gasteiger partial charge >= 0.3 is 0 Å². The largest absolute Gasteiger partial charge is 0.497 e. The Bertz CT molecular complexity index is 1330. The van der Waals surface area contributed by atoms with Gasteiger partial charge in [-0.3, -0.25) is 9.59 Å². The predicted molar refractivity (Wildman–Crippen MR) is 142 cm³/mol. The number of amides is 2. The molecule has 36 heavy (non-hydrogen) atoms. The van der Waals surface area contributed by atoms with E-state index in [4.69, 9.17) is 9.84 Å². The Morgan fingerprint density at radius 3 is 2.25 bits per heavy atom. The lowest BCUT2D eigenvalue weighted by atomic mass is 10.1. The van der Waals surface area contributed by atoms with E-state index in [0.29, 0.717) is 11.4 Å². The number of methoxy groups -OCH3 is 1. The first-order valence-corrected chi connectivity index (χ1v) is 11.8. The van der Waals surface area contributed by atoms with Crippen molar-refractivity contribution >= 4 is 17.6 Å². The number of aryl methyl sites for hydroxylation is 1. The number of nitrogens with zero attached hydrogens (tertiary/aromatic N) is 3. The van der Waals surface area contributed by atoms with E-state index in [2.05, 4.69) is 5.32 Å². The highest BCUT2D eigenvalue weighted by Crippen LogP contribution is 2.26. The van der Waals surface area contributed by atoms with Crippen molar-refractivity contribution in [1.29, 1.82) is 0 Å². The molecule has 184 valence electrons. The number of hydrogen-bond acceptors (Lipinski definition) is 4. The van der Waals surface area contributed by atoms with E-state index in [1.165, 1.54) is 0 Å². The van der Waals surface area contributed by atoms with Gasteiger partial charge in [0.1, 0.15) is 18.1 Å². The highest BCUT2D eigenvalue weighted by molar-refractivity contribution is 5.99. The Balaban J connectivity index is 1.61. The highest BCUT2D eigenvalue weighted by Gasteiger charge is 2.23. The molecule has 0 atom stereocenters. The summed E-state index contributed by atoms with van der Waals surface area (Å²) >= 11 is 0. The summed E-state index contributed by atoms with van der Waals surface area (Å²) in [4.78, 5) is 27.9. The molecular formula is C29H30N4O3. The number of anilines is 1. The molecule has 1 aromatic heterocycles. The first-order valence-electron chi connectivity index (χ1n) is 11.8. The van der Waals surface area contributed by atoms with E-state index < -0.39 is 0 Å². The molecule has 0 radical (unpaired) electrons. The third kappa shape index (κ3) is 5.63. The topological polar surface area (TPSA) is 76.5 Å². The molecule has 2 amide bonds. The Hall–Kier alpha value is -4.39. The maximum atomic E-state index is 13.2. The first-order chi connectivity index (χ1) is 17.4. The molecule has 0 aliphatic carbocycles. The van der Waals surface area contributed by atoms with Gasteiger partial charge in [-0.1, -0.05) is 48.0 Å². The molecule has 4 aromatic rings. The zero-order chi connectivity index (χ0) is 25.7. The molecule has 0 unspecified atom stereocenters. The lowest BCUT2D eigenvalue weighted by Gasteiger charge is -2.26. The van der Waals surface area contributed by atoms with Gasteiger partial charge in [-0.15, -0.1) is 0 Å². The molecule has 0 saturated carbocycles. The zero-order valence-electron chi connectivity index (χ0n) is 20.9. The van der Waals surface area contributed by atoms with Gasteiger partial charge in [-0.05, 0) is 57.2 Å². The second-order valence-electron chi connectivity index (χ2n) is 8.83. The third-order valence-corrected chi connectivity index (χ3v) is 5.86. The number of rotatable bonds is 8. The van der Waals surface area contributed by atoms with Crippen molar-refractivity contribution in [2.45, 2.75) is 26.8 Å². The number of aromatic nitrogens is 2. The molecule has 0 aliphatic rings. The van der Waals surface area contributed by atoms with Crippen molar-refractivity contribution in [2.75, 3.05) is 19.0 Å². The second kappa shape index (κ2) is 10.9. The lowest BCUT2D eigenvalue weighted by Crippen LogP contribution is -2.42. The van der Waals surface area contributed by atoms with Crippen LogP contribution in [0.4, 0.5) is 5.82 Å². The summed E-state index contributed by atoms with van der Waals surface area (Å²) in [5.74, 6) is 0.740. The number of benzene rings is 3. The molecule has 1 heterocycles. The Labute approximate surface area is 211 Å². The summed E-state index contributed by atoms with van der Waals surface area (Å²) in [6.07, 6.45) is 0. The smallest absolute Gasteiger partial charge is 0.254 e. The summed E-state index contributed by atoms with van der Waals surface area (Å²) in [6.45, 7) is 5.68. The summed E-state index contributed by atoms with van der Waals surface area (Å²) in [6, 6.07) is 26.2. The minimum absolute atomic E-state index is 0.0845. The number of carbonyl (C=O) groups excluding carboxylic acids is 2. The SMILES string of the molecule is COc1ccc(-n2nc(-c3ccccc3)cc2NC(=O)CN(C(=O)c2ccc(C)cc2)C(C)C)cc1. The summed E-state index contributed by atoms with van der Waals surface area (Å²) in [7, 11) is 1.61. The fraction of sp³-hybridized carbons (Fsp3) is 0.207. The van der Waals surface area contributed by atoms with E-state index in [0.717, 1.165) is 28.3 Å². The fourth-order valence-corrected chi connectivity index (χ4v) is 3.83. The van der Waals surface area contributed by atoms with E-state index in [1.54, 1.807) is 28.8 Å². The fourth-order valence-electron chi connectivity index (χ4n) is 3.83. The van der Waals surface area contributed by atoms with Crippen LogP contribution in [0.5, 0.6) is 5.75 Å². The number of hydrogen-bond donors (Lipinski definition) is 1. The zero-order valence-corrected chi connectivity index (χ0v) is 20.9. The van der Waals surface area contributed by atoms with Crippen LogP contribution < -0.4 is 10.1 Å². The van der Waals surface area contributed by atoms with Gasteiger partial charge in [0.05, 0.1) is 18.5 Å². The van der Waals surface area contributed by atoms with Crippen molar-refractivity contribution in [1.82, 2.24) is 14.7 Å². The van der Waals surface area contributed by atoms with Gasteiger partial charge in [0, 0.05) is 23.2 Å². The van der Waals surface area contributed by atoms with Gasteiger partial charge in [0.15, 0.2) is 0 Å². The van der Waals surface area contributed by atoms with Crippen molar-refractivity contribution < 1.29 is 14.3 Å². The second-order valence-corrected chi connectivity index (χ2v) is 8.83. The molecule has 7 heteroatoms. The van der Waals surface area contributed by atoms with E-state index in [-0.39, 0.29) is 24.4 Å². The van der Waals surface area contributed by atoms with Crippen LogP contribution in [0, 0.1) is 6.92 Å². The van der Waals surface area contributed by atoms with Crippen LogP contribution in [0.15, 0.2) is 84.9 Å². The van der Waals surface area contributed by atoms with Crippen molar-refractivity contribution in [3.05, 3.63) is 96.1 Å². The van der Waals surface area contributed by atoms with Gasteiger partial charge in [-0.25, -0.2) is 4.68 Å². The molecule has 0 spiro atoms. The normalized spacial score (nSPS) is 10.8. The Morgan fingerprint density at radius 2 is 1.64 bits per heavy atom. The van der Waals surface area contributed by atoms with E-state index in [9.17, 15) is 9.59 Å². The lowest BCUT2D eigenvalue weighted by molar-refractivity contribution is -0.117. The molecule has 1 N–H and O–H groups in total. The van der Waals surface area contributed by atoms with Crippen LogP contribution in [0.25, 0.3) is 16.9 Å². The maximum absolute atomic E-state index is 13.2. The average molecular weight is 483 g/mol. The summed E-state index contributed by atoms with van der Waals surface area (Å²) < 4.78 is 6.95. The van der Waals surface area contributed by atoms with Crippen LogP contribution in [0.2, 0.25) is 0 Å². The van der Waals surface area contributed by atoms with Crippen molar-refractivity contribution in [2.24, 2.45) is 0 Å². The predicted octanol–water partition coefficient (Wildman–Crippen LogP) is 5.35. The van der Waals surface area contributed by atoms with E-state index in [1.807, 2.05) is 93.6 Å². The Kier molecular flexibility index (Phi) is 7.49. The summed E-state index contributed by atoms with van der Waals surface area (Å²) in [5, 5.41) is 7.71. The van der Waals surface area contributed by atoms with E-state index >= 15 is 0 Å². The molecule has 0 aliphatic heterocycles. The number of nitrogens with one attached hydrogen (secondary N) is 1. The monoisotopic (exact) mass is 482 g/mol. The third-order valence-electron chi connectivity index (χ3n) is 5.86. The van der Waals surface area contributed by atoms with Crippen LogP contribution in [-0.2, 0) is 4.79 Å². The molecular weight excluding hydrogens is 452 g/mol. The van der Waals surface area contributed by atoms with Crippen LogP contribution in [0.3, 0.4) is 0 Å². The quantitative estimate of drug-likeness (QED) is 0.368. The number of carbonyl (C=O) groups is 2. The minimum Gasteiger partial charge on any atom is -0.497 e. The maximum Gasteiger partial charge on any atom is 0.254 e. The first kappa shape index (κ1) is 24.7. The van der Waals surface area contributed by atoms with Gasteiger partial charge in [0.25, 0.3) is 5.91 Å². The minimum atomic E-state index is -0.307. The van der Waals surface area contributed by atoms with Crippen molar-refractivity contribution in [3.63, 3.8) is 0 Å². The number of ether oxygens (including phenoxy) is 1. The Morgan fingerprint density at radius 1 is 0.972 bits per heavy atom. The summed E-state index contributed by atoms with van der Waals surface area (Å²) in [5.41, 5.74) is 4.04. The molecule has 0 bridgehead atoms. The molecule has 7 nitrogen and oxygen atoms in total. The molecule has 0 saturated heterocycles. The molecule has 3 aromatic carbocycles. The molecule has 0 fully saturated rings. The average Bonchev–Trinajstić information content (AvgIpc) is 3.31. The van der Waals surface area contributed by atoms with Gasteiger partial charge in [-0.2, -0.15) is 5.10 Å². The van der Waals surface area contributed by atoms with Gasteiger partial charge < -0.3 is 15.0 Å². The van der Waals surface area contributed by atoms with Crippen LogP contribution >= 0.6 is 0 Å². The van der Waals surface area contributed by atoms with Crippen molar-refractivity contribution in [3.8, 4) is 22.7 Å². The molecule has 4 rings (SSSR count). The standard InChI is InChI=1S/C29H30N4O3/c1-20(2)32(29(35)23-12-10-21(3)11-13-23)19-28(34)30-27-18-26(22-8-6-5-7-9-22)31-33(27)24-14-16-25(36-4)17-15-24/h5-18,20H,19H2,1-4H3,(H,30,34). The van der Waals surface area contributed by atoms with Crippen LogP contribution in [0.1, 0.15) is 29.8 Å².